The van der Waals surface area contributed by atoms with Gasteiger partial charge >= 0.3 is 11.9 Å². The number of amides is 1. The van der Waals surface area contributed by atoms with Crippen molar-refractivity contribution in [2.75, 3.05) is 18.5 Å². The highest BCUT2D eigenvalue weighted by molar-refractivity contribution is 7.15. The number of thiophene rings is 2. The summed E-state index contributed by atoms with van der Waals surface area (Å²) in [6.07, 6.45) is 1.49. The van der Waals surface area contributed by atoms with E-state index in [4.69, 9.17) is 13.9 Å². The number of aromatic nitrogens is 1. The highest BCUT2D eigenvalue weighted by atomic mass is 32.1. The number of carbonyl (C=O) groups excluding carboxylic acids is 3. The standard InChI is InChI=1S/C21H16N2O6S3/c1-2-27-21(26)17-13(15-4-3-6-28-15)10-31-19(17)23-16(24)8-29-20(25)14-11-32-18(22-14)12-5-7-30-9-12/h3-7,9-11H,2,8H2,1H3,(H,23,24). The fourth-order valence-electron chi connectivity index (χ4n) is 2.72. The maximum Gasteiger partial charge on any atom is 0.358 e. The van der Waals surface area contributed by atoms with Gasteiger partial charge in [0.25, 0.3) is 5.91 Å². The van der Waals surface area contributed by atoms with Gasteiger partial charge in [-0.2, -0.15) is 11.3 Å². The number of thiazole rings is 1. The molecule has 0 fully saturated rings. The van der Waals surface area contributed by atoms with Gasteiger partial charge in [0.05, 0.1) is 12.9 Å². The molecule has 0 aliphatic heterocycles. The van der Waals surface area contributed by atoms with Crippen LogP contribution >= 0.6 is 34.0 Å². The van der Waals surface area contributed by atoms with Gasteiger partial charge < -0.3 is 19.2 Å². The number of anilines is 1. The first-order valence-electron chi connectivity index (χ1n) is 9.34. The molecule has 0 spiro atoms. The van der Waals surface area contributed by atoms with E-state index >= 15 is 0 Å². The minimum absolute atomic E-state index is 0.132. The summed E-state index contributed by atoms with van der Waals surface area (Å²) in [6.45, 7) is 1.34. The summed E-state index contributed by atoms with van der Waals surface area (Å²) in [4.78, 5) is 41.4. The summed E-state index contributed by atoms with van der Waals surface area (Å²) in [7, 11) is 0. The highest BCUT2D eigenvalue weighted by Crippen LogP contribution is 2.36. The summed E-state index contributed by atoms with van der Waals surface area (Å²) in [5, 5.41) is 10.7. The van der Waals surface area contributed by atoms with E-state index in [1.807, 2.05) is 16.8 Å². The summed E-state index contributed by atoms with van der Waals surface area (Å²) >= 11 is 4.00. The van der Waals surface area contributed by atoms with Gasteiger partial charge in [-0.25, -0.2) is 14.6 Å². The molecule has 4 heterocycles. The van der Waals surface area contributed by atoms with Crippen molar-refractivity contribution in [3.63, 3.8) is 0 Å². The number of ether oxygens (including phenoxy) is 2. The maximum atomic E-state index is 12.5. The Morgan fingerprint density at radius 2 is 1.97 bits per heavy atom. The number of esters is 2. The van der Waals surface area contributed by atoms with Gasteiger partial charge in [-0.3, -0.25) is 4.79 Å². The molecule has 0 saturated carbocycles. The minimum Gasteiger partial charge on any atom is -0.464 e. The lowest BCUT2D eigenvalue weighted by atomic mass is 10.1. The number of hydrogen-bond acceptors (Lipinski definition) is 10. The van der Waals surface area contributed by atoms with Crippen LogP contribution in [0.15, 0.2) is 50.4 Å². The number of nitrogens with one attached hydrogen (secondary N) is 1. The molecule has 4 aromatic rings. The molecule has 0 aliphatic rings. The zero-order valence-corrected chi connectivity index (χ0v) is 19.1. The Kier molecular flexibility index (Phi) is 6.78. The molecule has 11 heteroatoms. The van der Waals surface area contributed by atoms with Crippen LogP contribution in [0.1, 0.15) is 27.8 Å². The van der Waals surface area contributed by atoms with E-state index in [1.165, 1.54) is 28.9 Å². The Bertz CT molecular complexity index is 1220. The first-order chi connectivity index (χ1) is 15.6. The molecule has 164 valence electrons. The van der Waals surface area contributed by atoms with Crippen molar-refractivity contribution in [3.8, 4) is 21.9 Å². The van der Waals surface area contributed by atoms with Gasteiger partial charge in [0.2, 0.25) is 0 Å². The number of furan rings is 1. The topological polar surface area (TPSA) is 108 Å². The van der Waals surface area contributed by atoms with Gasteiger partial charge in [0.15, 0.2) is 12.3 Å². The number of carbonyl (C=O) groups is 3. The van der Waals surface area contributed by atoms with Crippen LogP contribution in [0, 0.1) is 0 Å². The van der Waals surface area contributed by atoms with Gasteiger partial charge in [-0.15, -0.1) is 22.7 Å². The van der Waals surface area contributed by atoms with Crippen molar-refractivity contribution >= 4 is 56.9 Å². The molecule has 0 unspecified atom stereocenters. The quantitative estimate of drug-likeness (QED) is 0.341. The molecule has 0 atom stereocenters. The Labute approximate surface area is 194 Å². The van der Waals surface area contributed by atoms with Crippen molar-refractivity contribution in [3.05, 3.63) is 57.2 Å². The van der Waals surface area contributed by atoms with E-state index in [0.29, 0.717) is 16.3 Å². The molecule has 0 radical (unpaired) electrons. The van der Waals surface area contributed by atoms with Crippen LogP contribution in [0.5, 0.6) is 0 Å². The van der Waals surface area contributed by atoms with E-state index < -0.39 is 24.5 Å². The molecule has 1 amide bonds. The molecule has 8 nitrogen and oxygen atoms in total. The number of nitrogens with zero attached hydrogens (tertiary/aromatic N) is 1. The summed E-state index contributed by atoms with van der Waals surface area (Å²) < 4.78 is 15.6. The third-order valence-electron chi connectivity index (χ3n) is 4.13. The lowest BCUT2D eigenvalue weighted by Gasteiger charge is -2.08. The molecule has 0 aromatic carbocycles. The smallest absolute Gasteiger partial charge is 0.358 e. The Morgan fingerprint density at radius 1 is 1.09 bits per heavy atom. The zero-order valence-electron chi connectivity index (χ0n) is 16.7. The second-order valence-electron chi connectivity index (χ2n) is 6.23. The van der Waals surface area contributed by atoms with Gasteiger partial charge in [-0.1, -0.05) is 0 Å². The van der Waals surface area contributed by atoms with E-state index in [-0.39, 0.29) is 22.9 Å². The minimum atomic E-state index is -0.703. The number of hydrogen-bond donors (Lipinski definition) is 1. The normalized spacial score (nSPS) is 10.7. The van der Waals surface area contributed by atoms with Crippen LogP contribution in [-0.2, 0) is 14.3 Å². The summed E-state index contributed by atoms with van der Waals surface area (Å²) in [5.74, 6) is -1.41. The SMILES string of the molecule is CCOC(=O)c1c(-c2ccco2)csc1NC(=O)COC(=O)c1csc(-c2ccsc2)n1. The lowest BCUT2D eigenvalue weighted by Crippen LogP contribution is -2.22. The van der Waals surface area contributed by atoms with Gasteiger partial charge in [0.1, 0.15) is 21.3 Å². The third kappa shape index (κ3) is 4.79. The molecule has 4 rings (SSSR count). The van der Waals surface area contributed by atoms with Gasteiger partial charge in [0, 0.05) is 27.3 Å². The average molecular weight is 489 g/mol. The largest absolute Gasteiger partial charge is 0.464 e. The van der Waals surface area contributed by atoms with Crippen LogP contribution in [0.25, 0.3) is 21.9 Å². The van der Waals surface area contributed by atoms with E-state index in [9.17, 15) is 14.4 Å². The molecular weight excluding hydrogens is 472 g/mol. The molecule has 4 aromatic heterocycles. The van der Waals surface area contributed by atoms with Crippen molar-refractivity contribution in [1.29, 1.82) is 0 Å². The first kappa shape index (κ1) is 21.9. The highest BCUT2D eigenvalue weighted by Gasteiger charge is 2.24. The van der Waals surface area contributed by atoms with Crippen molar-refractivity contribution in [1.82, 2.24) is 4.98 Å². The summed E-state index contributed by atoms with van der Waals surface area (Å²) in [5.41, 5.74) is 1.75. The predicted octanol–water partition coefficient (Wildman–Crippen LogP) is 5.17. The van der Waals surface area contributed by atoms with E-state index in [2.05, 4.69) is 10.3 Å². The Morgan fingerprint density at radius 3 is 2.69 bits per heavy atom. The summed E-state index contributed by atoms with van der Waals surface area (Å²) in [6, 6.07) is 5.31. The number of rotatable bonds is 8. The zero-order chi connectivity index (χ0) is 22.5. The molecule has 32 heavy (non-hydrogen) atoms. The van der Waals surface area contributed by atoms with E-state index in [0.717, 1.165) is 16.9 Å². The van der Waals surface area contributed by atoms with Crippen LogP contribution in [0.2, 0.25) is 0 Å². The first-order valence-corrected chi connectivity index (χ1v) is 12.0. The van der Waals surface area contributed by atoms with Crippen LogP contribution in [0.4, 0.5) is 5.00 Å². The van der Waals surface area contributed by atoms with Crippen LogP contribution in [-0.4, -0.2) is 36.0 Å². The molecule has 0 saturated heterocycles. The Hall–Kier alpha value is -3.28. The average Bonchev–Trinajstić information content (AvgIpc) is 3.57. The fraction of sp³-hybridized carbons (Fsp3) is 0.143. The lowest BCUT2D eigenvalue weighted by molar-refractivity contribution is -0.119. The van der Waals surface area contributed by atoms with Crippen LogP contribution in [0.3, 0.4) is 0 Å². The van der Waals surface area contributed by atoms with Crippen molar-refractivity contribution in [2.45, 2.75) is 6.92 Å². The van der Waals surface area contributed by atoms with Crippen molar-refractivity contribution in [2.24, 2.45) is 0 Å². The molecule has 0 bridgehead atoms. The van der Waals surface area contributed by atoms with Crippen LogP contribution < -0.4 is 5.32 Å². The maximum absolute atomic E-state index is 12.5. The molecular formula is C21H16N2O6S3. The second-order valence-corrected chi connectivity index (χ2v) is 8.74. The molecule has 1 N–H and O–H groups in total. The Balaban J connectivity index is 1.42. The van der Waals surface area contributed by atoms with Gasteiger partial charge in [-0.05, 0) is 30.5 Å². The van der Waals surface area contributed by atoms with Crippen molar-refractivity contribution < 1.29 is 28.3 Å². The third-order valence-corrected chi connectivity index (χ3v) is 6.60. The monoisotopic (exact) mass is 488 g/mol. The second kappa shape index (κ2) is 9.90. The predicted molar refractivity (Wildman–Crippen MR) is 122 cm³/mol. The van der Waals surface area contributed by atoms with E-state index in [1.54, 1.807) is 29.8 Å². The molecule has 0 aliphatic carbocycles. The fourth-order valence-corrected chi connectivity index (χ4v) is 5.18.